The summed E-state index contributed by atoms with van der Waals surface area (Å²) in [6, 6.07) is -0.615. The van der Waals surface area contributed by atoms with Crippen LogP contribution in [0.1, 0.15) is 51.8 Å². The Bertz CT molecular complexity index is 1180. The normalized spacial score (nSPS) is 24.2. The Hall–Kier alpha value is -3.36. The van der Waals surface area contributed by atoms with Crippen molar-refractivity contribution in [1.82, 2.24) is 20.5 Å². The summed E-state index contributed by atoms with van der Waals surface area (Å²) in [5.74, 6) is -4.04. The van der Waals surface area contributed by atoms with Crippen LogP contribution < -0.4 is 16.2 Å². The zero-order valence-electron chi connectivity index (χ0n) is 20.9. The molecule has 1 saturated carbocycles. The maximum absolute atomic E-state index is 13.5. The molecule has 0 aromatic carbocycles. The third-order valence-electron chi connectivity index (χ3n) is 7.31. The quantitative estimate of drug-likeness (QED) is 0.558. The second kappa shape index (κ2) is 8.94. The molecule has 2 aliphatic rings. The van der Waals surface area contributed by atoms with E-state index in [2.05, 4.69) is 10.3 Å². The van der Waals surface area contributed by atoms with E-state index in [4.69, 9.17) is 0 Å². The topological polar surface area (TPSA) is 135 Å². The molecule has 3 N–H and O–H groups in total. The lowest BCUT2D eigenvalue weighted by atomic mass is 9.85. The predicted molar refractivity (Wildman–Crippen MR) is 122 cm³/mol. The summed E-state index contributed by atoms with van der Waals surface area (Å²) in [6.45, 7) is 10.2. The van der Waals surface area contributed by atoms with Crippen molar-refractivity contribution in [3.05, 3.63) is 33.7 Å². The van der Waals surface area contributed by atoms with Gasteiger partial charge in [-0.2, -0.15) is 18.4 Å². The highest BCUT2D eigenvalue weighted by atomic mass is 19.4. The van der Waals surface area contributed by atoms with Gasteiger partial charge in [0.15, 0.2) is 0 Å². The number of carbonyl (C=O) groups excluding carboxylic acids is 3. The fourth-order valence-corrected chi connectivity index (χ4v) is 5.12. The molecule has 5 atom stereocenters. The second-order valence-corrected chi connectivity index (χ2v) is 11.2. The highest BCUT2D eigenvalue weighted by molar-refractivity contribution is 5.95. The summed E-state index contributed by atoms with van der Waals surface area (Å²) >= 11 is 0. The number of piperidine rings is 1. The molecule has 12 heteroatoms. The third kappa shape index (κ3) is 4.96. The largest absolute Gasteiger partial charge is 0.471 e. The fourth-order valence-electron chi connectivity index (χ4n) is 5.12. The van der Waals surface area contributed by atoms with E-state index in [0.29, 0.717) is 11.1 Å². The minimum atomic E-state index is -5.18. The predicted octanol–water partition coefficient (Wildman–Crippen LogP) is 1.94. The third-order valence-corrected chi connectivity index (χ3v) is 7.31. The fraction of sp³-hybridized carbons (Fsp3) is 0.625. The molecule has 2 fully saturated rings. The van der Waals surface area contributed by atoms with E-state index in [1.165, 1.54) is 37.9 Å². The number of aromatic amines is 1. The SMILES string of the molecule is Cc1c[nH]c(=O)cc1C(C#N)NC(=O)[C@@H]1[C@@H]2[C@H](CN1C(=O)[C@@H](NC(=O)C(F)(F)F)C(C)(C)C)C2(C)C. The summed E-state index contributed by atoms with van der Waals surface area (Å²) in [5.41, 5.74) is -0.985. The van der Waals surface area contributed by atoms with Crippen LogP contribution in [0.15, 0.2) is 17.1 Å². The van der Waals surface area contributed by atoms with Crippen LogP contribution in [-0.2, 0) is 14.4 Å². The monoisotopic (exact) mass is 509 g/mol. The van der Waals surface area contributed by atoms with Crippen LogP contribution >= 0.6 is 0 Å². The lowest BCUT2D eigenvalue weighted by molar-refractivity contribution is -0.176. The highest BCUT2D eigenvalue weighted by Crippen LogP contribution is 2.65. The average molecular weight is 510 g/mol. The van der Waals surface area contributed by atoms with Crippen LogP contribution in [0, 0.1) is 40.9 Å². The minimum Gasteiger partial charge on any atom is -0.336 e. The van der Waals surface area contributed by atoms with E-state index < -0.39 is 53.0 Å². The number of alkyl halides is 3. The van der Waals surface area contributed by atoms with Gasteiger partial charge in [0.1, 0.15) is 18.1 Å². The molecule has 2 heterocycles. The molecule has 0 spiro atoms. The number of hydrogen-bond donors (Lipinski definition) is 3. The number of fused-ring (bicyclic) bond motifs is 1. The van der Waals surface area contributed by atoms with Crippen molar-refractivity contribution in [3.8, 4) is 6.07 Å². The zero-order chi connectivity index (χ0) is 27.4. The first-order chi connectivity index (χ1) is 16.4. The summed E-state index contributed by atoms with van der Waals surface area (Å²) in [5, 5.41) is 14.1. The van der Waals surface area contributed by atoms with Crippen LogP contribution in [-0.4, -0.2) is 52.4 Å². The van der Waals surface area contributed by atoms with Gasteiger partial charge in [-0.05, 0) is 40.7 Å². The zero-order valence-corrected chi connectivity index (χ0v) is 20.9. The van der Waals surface area contributed by atoms with Gasteiger partial charge in [0.05, 0.1) is 6.07 Å². The van der Waals surface area contributed by atoms with Crippen molar-refractivity contribution in [2.45, 2.75) is 65.8 Å². The van der Waals surface area contributed by atoms with E-state index in [-0.39, 0.29) is 23.8 Å². The number of halogens is 3. The van der Waals surface area contributed by atoms with Gasteiger partial charge in [-0.25, -0.2) is 0 Å². The molecule has 1 aliphatic heterocycles. The number of hydrogen-bond acceptors (Lipinski definition) is 5. The smallest absolute Gasteiger partial charge is 0.336 e. The molecule has 0 radical (unpaired) electrons. The van der Waals surface area contributed by atoms with E-state index in [1.807, 2.05) is 19.9 Å². The van der Waals surface area contributed by atoms with Crippen LogP contribution in [0.2, 0.25) is 0 Å². The number of likely N-dealkylation sites (tertiary alicyclic amines) is 1. The van der Waals surface area contributed by atoms with E-state index >= 15 is 0 Å². The Labute approximate surface area is 206 Å². The Morgan fingerprint density at radius 1 is 1.22 bits per heavy atom. The van der Waals surface area contributed by atoms with Crippen molar-refractivity contribution in [2.24, 2.45) is 22.7 Å². The molecule has 1 unspecified atom stereocenters. The average Bonchev–Trinajstić information content (AvgIpc) is 3.09. The highest BCUT2D eigenvalue weighted by Gasteiger charge is 2.70. The number of pyridine rings is 1. The molecular weight excluding hydrogens is 479 g/mol. The van der Waals surface area contributed by atoms with Gasteiger partial charge in [-0.3, -0.25) is 19.2 Å². The molecule has 0 bridgehead atoms. The lowest BCUT2D eigenvalue weighted by Crippen LogP contribution is -2.60. The van der Waals surface area contributed by atoms with Crippen molar-refractivity contribution in [2.75, 3.05) is 6.54 Å². The van der Waals surface area contributed by atoms with Gasteiger partial charge in [-0.1, -0.05) is 34.6 Å². The number of rotatable bonds is 5. The molecule has 36 heavy (non-hydrogen) atoms. The summed E-state index contributed by atoms with van der Waals surface area (Å²) in [6.07, 6.45) is -3.77. The lowest BCUT2D eigenvalue weighted by Gasteiger charge is -2.37. The molecule has 1 saturated heterocycles. The molecular formula is C24H30F3N5O4. The van der Waals surface area contributed by atoms with Crippen molar-refractivity contribution in [3.63, 3.8) is 0 Å². The van der Waals surface area contributed by atoms with Crippen molar-refractivity contribution in [1.29, 1.82) is 5.26 Å². The molecule has 1 aromatic rings. The summed E-state index contributed by atoms with van der Waals surface area (Å²) in [4.78, 5) is 54.1. The Morgan fingerprint density at radius 2 is 1.83 bits per heavy atom. The van der Waals surface area contributed by atoms with Crippen LogP contribution in [0.4, 0.5) is 13.2 Å². The van der Waals surface area contributed by atoms with E-state index in [0.717, 1.165) is 0 Å². The van der Waals surface area contributed by atoms with Gasteiger partial charge in [0.25, 0.3) is 0 Å². The number of carbonyl (C=O) groups is 3. The Balaban J connectivity index is 1.91. The molecule has 1 aromatic heterocycles. The number of nitrogens with zero attached hydrogens (tertiary/aromatic N) is 2. The first kappa shape index (κ1) is 27.2. The molecule has 9 nitrogen and oxygen atoms in total. The van der Waals surface area contributed by atoms with Crippen LogP contribution in [0.5, 0.6) is 0 Å². The standard InChI is InChI=1S/C24H30F3N5O4/c1-11-9-29-15(33)7-12(11)14(8-28)30-19(34)17-16-13(23(16,5)6)10-32(17)20(35)18(22(2,3)4)31-21(36)24(25,26)27/h7,9,13-14,16-18H,10H2,1-6H3,(H,29,33)(H,30,34)(H,31,36)/t13-,14?,16-,17-,18+/m0/s1. The molecule has 196 valence electrons. The van der Waals surface area contributed by atoms with Crippen LogP contribution in [0.3, 0.4) is 0 Å². The van der Waals surface area contributed by atoms with Gasteiger partial charge in [0.2, 0.25) is 17.4 Å². The van der Waals surface area contributed by atoms with E-state index in [9.17, 15) is 37.6 Å². The second-order valence-electron chi connectivity index (χ2n) is 11.2. The Morgan fingerprint density at radius 3 is 2.36 bits per heavy atom. The Kier molecular flexibility index (Phi) is 6.76. The van der Waals surface area contributed by atoms with E-state index in [1.54, 1.807) is 12.2 Å². The van der Waals surface area contributed by atoms with Gasteiger partial charge < -0.3 is 20.5 Å². The van der Waals surface area contributed by atoms with Crippen LogP contribution in [0.25, 0.3) is 0 Å². The maximum atomic E-state index is 13.5. The number of aryl methyl sites for hydroxylation is 1. The minimum absolute atomic E-state index is 0.0713. The van der Waals surface area contributed by atoms with Gasteiger partial charge in [0, 0.05) is 18.8 Å². The number of amides is 3. The number of nitrogens with one attached hydrogen (secondary N) is 3. The van der Waals surface area contributed by atoms with Crippen molar-refractivity contribution < 1.29 is 27.6 Å². The number of H-pyrrole nitrogens is 1. The first-order valence-corrected chi connectivity index (χ1v) is 11.5. The van der Waals surface area contributed by atoms with Gasteiger partial charge in [-0.15, -0.1) is 0 Å². The molecule has 3 amide bonds. The summed E-state index contributed by atoms with van der Waals surface area (Å²) in [7, 11) is 0. The van der Waals surface area contributed by atoms with Gasteiger partial charge >= 0.3 is 12.1 Å². The number of nitriles is 1. The molecule has 3 rings (SSSR count). The maximum Gasteiger partial charge on any atom is 0.471 e. The first-order valence-electron chi connectivity index (χ1n) is 11.5. The molecule has 1 aliphatic carbocycles. The summed E-state index contributed by atoms with van der Waals surface area (Å²) < 4.78 is 38.9. The number of aromatic nitrogens is 1. The van der Waals surface area contributed by atoms with Crippen molar-refractivity contribution >= 4 is 17.7 Å².